The molecule has 1 amide bonds. The lowest BCUT2D eigenvalue weighted by molar-refractivity contribution is -0.138. The lowest BCUT2D eigenvalue weighted by atomic mass is 10.1. The Balaban J connectivity index is 2.74. The van der Waals surface area contributed by atoms with E-state index >= 15 is 0 Å². The summed E-state index contributed by atoms with van der Waals surface area (Å²) < 4.78 is 5.52. The highest BCUT2D eigenvalue weighted by Crippen LogP contribution is 2.18. The van der Waals surface area contributed by atoms with Crippen LogP contribution in [0.4, 0.5) is 0 Å². The maximum Gasteiger partial charge on any atom is 0.325 e. The molecule has 0 aliphatic carbocycles. The van der Waals surface area contributed by atoms with Crippen molar-refractivity contribution in [3.8, 4) is 5.75 Å². The minimum Gasteiger partial charge on any atom is -0.480 e. The molecule has 0 saturated heterocycles. The number of para-hydroxylation sites is 1. The van der Waals surface area contributed by atoms with Gasteiger partial charge in [-0.1, -0.05) is 12.1 Å². The molecule has 7 heteroatoms. The van der Waals surface area contributed by atoms with E-state index in [0.29, 0.717) is 12.3 Å². The van der Waals surface area contributed by atoms with Gasteiger partial charge in [0.2, 0.25) is 0 Å². The monoisotopic (exact) mass is 296 g/mol. The second-order valence-electron chi connectivity index (χ2n) is 4.61. The zero-order valence-corrected chi connectivity index (χ0v) is 12.1. The Hall–Kier alpha value is -2.12. The molecule has 0 bridgehead atoms. The highest BCUT2D eigenvalue weighted by atomic mass is 16.5. The molecule has 0 saturated carbocycles. The second-order valence-corrected chi connectivity index (χ2v) is 4.61. The number of carbonyl (C=O) groups is 2. The van der Waals surface area contributed by atoms with E-state index in [1.165, 1.54) is 6.92 Å². The van der Waals surface area contributed by atoms with Gasteiger partial charge in [-0.05, 0) is 26.1 Å². The van der Waals surface area contributed by atoms with E-state index in [4.69, 9.17) is 14.9 Å². The molecule has 1 aromatic carbocycles. The van der Waals surface area contributed by atoms with Gasteiger partial charge < -0.3 is 20.3 Å². The first-order chi connectivity index (χ1) is 9.95. The molecule has 1 atom stereocenters. The predicted molar refractivity (Wildman–Crippen MR) is 76.2 cm³/mol. The third-order valence-corrected chi connectivity index (χ3v) is 2.77. The van der Waals surface area contributed by atoms with Crippen molar-refractivity contribution >= 4 is 11.9 Å². The van der Waals surface area contributed by atoms with Crippen LogP contribution in [-0.4, -0.2) is 60.0 Å². The van der Waals surface area contributed by atoms with Crippen LogP contribution in [-0.2, 0) is 4.79 Å². The molecular weight excluding hydrogens is 276 g/mol. The van der Waals surface area contributed by atoms with Gasteiger partial charge in [0.1, 0.15) is 18.5 Å². The molecule has 0 aliphatic heterocycles. The fourth-order valence-electron chi connectivity index (χ4n) is 1.53. The maximum absolute atomic E-state index is 12.0. The van der Waals surface area contributed by atoms with Crippen LogP contribution >= 0.6 is 0 Å². The van der Waals surface area contributed by atoms with Crippen LogP contribution in [0.3, 0.4) is 0 Å². The van der Waals surface area contributed by atoms with Crippen molar-refractivity contribution in [2.24, 2.45) is 0 Å². The van der Waals surface area contributed by atoms with E-state index in [9.17, 15) is 9.59 Å². The zero-order chi connectivity index (χ0) is 15.8. The largest absolute Gasteiger partial charge is 0.480 e. The molecule has 3 N–H and O–H groups in total. The molecule has 7 nitrogen and oxygen atoms in total. The van der Waals surface area contributed by atoms with Crippen LogP contribution in [0.15, 0.2) is 24.3 Å². The van der Waals surface area contributed by atoms with Gasteiger partial charge in [-0.2, -0.15) is 0 Å². The number of benzene rings is 1. The van der Waals surface area contributed by atoms with Crippen LogP contribution in [0.25, 0.3) is 0 Å². The molecule has 0 aromatic heterocycles. The number of hydrogen-bond donors (Lipinski definition) is 3. The summed E-state index contributed by atoms with van der Waals surface area (Å²) in [5.41, 5.74) is 0.267. The summed E-state index contributed by atoms with van der Waals surface area (Å²) in [6.45, 7) is 2.06. The van der Waals surface area contributed by atoms with Crippen molar-refractivity contribution < 1.29 is 24.5 Å². The number of amides is 1. The topological polar surface area (TPSA) is 99.1 Å². The summed E-state index contributed by atoms with van der Waals surface area (Å²) in [4.78, 5) is 24.5. The van der Waals surface area contributed by atoms with Gasteiger partial charge in [-0.15, -0.1) is 0 Å². The van der Waals surface area contributed by atoms with Gasteiger partial charge in [-0.25, -0.2) is 0 Å². The number of aliphatic hydroxyl groups excluding tert-OH is 1. The fourth-order valence-corrected chi connectivity index (χ4v) is 1.53. The molecule has 116 valence electrons. The fraction of sp³-hybridized carbons (Fsp3) is 0.429. The summed E-state index contributed by atoms with van der Waals surface area (Å²) in [6, 6.07) is 5.60. The Morgan fingerprint density at radius 1 is 1.38 bits per heavy atom. The van der Waals surface area contributed by atoms with Crippen molar-refractivity contribution in [2.45, 2.75) is 13.0 Å². The third kappa shape index (κ3) is 5.41. The molecule has 0 spiro atoms. The molecule has 21 heavy (non-hydrogen) atoms. The summed E-state index contributed by atoms with van der Waals surface area (Å²) in [5, 5.41) is 20.0. The van der Waals surface area contributed by atoms with Crippen molar-refractivity contribution in [2.75, 3.05) is 26.9 Å². The Morgan fingerprint density at radius 2 is 2.05 bits per heavy atom. The van der Waals surface area contributed by atoms with Crippen molar-refractivity contribution in [1.82, 2.24) is 10.2 Å². The van der Waals surface area contributed by atoms with Gasteiger partial charge in [-0.3, -0.25) is 14.5 Å². The number of nitrogens with zero attached hydrogens (tertiary/aromatic N) is 1. The van der Waals surface area contributed by atoms with Crippen molar-refractivity contribution in [1.29, 1.82) is 0 Å². The number of rotatable bonds is 8. The number of hydrogen-bond acceptors (Lipinski definition) is 5. The average molecular weight is 296 g/mol. The van der Waals surface area contributed by atoms with E-state index in [1.54, 1.807) is 36.2 Å². The second kappa shape index (κ2) is 8.23. The first kappa shape index (κ1) is 16.9. The van der Waals surface area contributed by atoms with E-state index in [-0.39, 0.29) is 18.9 Å². The number of carbonyl (C=O) groups excluding carboxylic acids is 1. The van der Waals surface area contributed by atoms with E-state index in [0.717, 1.165) is 0 Å². The van der Waals surface area contributed by atoms with E-state index in [1.807, 2.05) is 0 Å². The average Bonchev–Trinajstić information content (AvgIpc) is 2.45. The van der Waals surface area contributed by atoms with Gasteiger partial charge >= 0.3 is 5.97 Å². The molecule has 0 fully saturated rings. The lowest BCUT2D eigenvalue weighted by Crippen LogP contribution is -2.38. The molecular formula is C14H20N2O5. The van der Waals surface area contributed by atoms with Crippen molar-refractivity contribution in [3.05, 3.63) is 29.8 Å². The van der Waals surface area contributed by atoms with Crippen LogP contribution < -0.4 is 10.1 Å². The first-order valence-electron chi connectivity index (χ1n) is 6.50. The SMILES string of the molecule is CC(NC(=O)c1ccccc1OCN(C)CCO)C(=O)O. The molecule has 0 radical (unpaired) electrons. The number of aliphatic hydroxyl groups is 1. The van der Waals surface area contributed by atoms with Crippen LogP contribution in [0.1, 0.15) is 17.3 Å². The normalized spacial score (nSPS) is 12.0. The number of aliphatic carboxylic acids is 1. The van der Waals surface area contributed by atoms with Gasteiger partial charge in [0, 0.05) is 6.54 Å². The minimum absolute atomic E-state index is 0.0120. The highest BCUT2D eigenvalue weighted by molar-refractivity contribution is 5.98. The van der Waals surface area contributed by atoms with Gasteiger partial charge in [0.15, 0.2) is 0 Å². The lowest BCUT2D eigenvalue weighted by Gasteiger charge is -2.18. The van der Waals surface area contributed by atoms with Crippen LogP contribution in [0.5, 0.6) is 5.75 Å². The summed E-state index contributed by atoms with van der Waals surface area (Å²) in [6.07, 6.45) is 0. The molecule has 1 rings (SSSR count). The number of likely N-dealkylation sites (N-methyl/N-ethyl adjacent to an activating group) is 1. The molecule has 0 heterocycles. The van der Waals surface area contributed by atoms with Crippen LogP contribution in [0.2, 0.25) is 0 Å². The standard InChI is InChI=1S/C14H20N2O5/c1-10(14(19)20)15-13(18)11-5-3-4-6-12(11)21-9-16(2)7-8-17/h3-6,10,17H,7-9H2,1-2H3,(H,15,18)(H,19,20). The Labute approximate surface area is 123 Å². The maximum atomic E-state index is 12.0. The predicted octanol–water partition coefficient (Wildman–Crippen LogP) is 0.150. The van der Waals surface area contributed by atoms with Crippen molar-refractivity contribution in [3.63, 3.8) is 0 Å². The van der Waals surface area contributed by atoms with Gasteiger partial charge in [0.05, 0.1) is 12.2 Å². The van der Waals surface area contributed by atoms with E-state index < -0.39 is 17.9 Å². The first-order valence-corrected chi connectivity index (χ1v) is 6.50. The smallest absolute Gasteiger partial charge is 0.325 e. The quantitative estimate of drug-likeness (QED) is 0.591. The van der Waals surface area contributed by atoms with Gasteiger partial charge in [0.25, 0.3) is 5.91 Å². The van der Waals surface area contributed by atoms with E-state index in [2.05, 4.69) is 5.32 Å². The highest BCUT2D eigenvalue weighted by Gasteiger charge is 2.18. The zero-order valence-electron chi connectivity index (χ0n) is 12.1. The molecule has 1 aromatic rings. The van der Waals surface area contributed by atoms with Crippen LogP contribution in [0, 0.1) is 0 Å². The molecule has 1 unspecified atom stereocenters. The summed E-state index contributed by atoms with van der Waals surface area (Å²) in [7, 11) is 1.77. The Bertz CT molecular complexity index is 492. The summed E-state index contributed by atoms with van der Waals surface area (Å²) in [5.74, 6) is -1.26. The Kier molecular flexibility index (Phi) is 6.64. The minimum atomic E-state index is -1.11. The summed E-state index contributed by atoms with van der Waals surface area (Å²) >= 11 is 0. The number of nitrogens with one attached hydrogen (secondary N) is 1. The third-order valence-electron chi connectivity index (χ3n) is 2.77. The Morgan fingerprint density at radius 3 is 2.67 bits per heavy atom. The number of ether oxygens (including phenoxy) is 1. The number of carboxylic acid groups (broad SMARTS) is 1. The number of carboxylic acids is 1. The molecule has 0 aliphatic rings.